The van der Waals surface area contributed by atoms with Crippen LogP contribution in [0.15, 0.2) is 30.3 Å². The van der Waals surface area contributed by atoms with Crippen LogP contribution in [0.4, 0.5) is 0 Å². The Morgan fingerprint density at radius 1 is 0.473 bits per heavy atom. The molecule has 1 aromatic rings. The van der Waals surface area contributed by atoms with Gasteiger partial charge in [0.05, 0.1) is 6.04 Å². The molecule has 0 aliphatic rings. The Morgan fingerprint density at radius 2 is 0.892 bits per heavy atom. The van der Waals surface area contributed by atoms with Crippen molar-refractivity contribution in [2.45, 2.75) is 180 Å². The number of nitrogens with two attached hydrogens (primary N) is 6. The number of hydrogen-bond acceptors (Lipinski definition) is 14. The van der Waals surface area contributed by atoms with Crippen molar-refractivity contribution in [1.29, 1.82) is 0 Å². The topological polar surface area (TPSA) is 406 Å². The summed E-state index contributed by atoms with van der Waals surface area (Å²) in [7, 11) is 0. The minimum atomic E-state index is -1.30. The first-order valence-electron chi connectivity index (χ1n) is 26.4. The fourth-order valence-electron chi connectivity index (χ4n) is 8.00. The van der Waals surface area contributed by atoms with Gasteiger partial charge in [-0.3, -0.25) is 43.2 Å². The van der Waals surface area contributed by atoms with E-state index >= 15 is 0 Å². The summed E-state index contributed by atoms with van der Waals surface area (Å²) in [6.45, 7) is 11.6. The van der Waals surface area contributed by atoms with Gasteiger partial charge in [-0.05, 0) is 101 Å². The molecule has 420 valence electrons. The Balaban J connectivity index is 3.17. The Hall–Kier alpha value is -5.75. The Kier molecular flexibility index (Phi) is 33.2. The van der Waals surface area contributed by atoms with Gasteiger partial charge in [0.25, 0.3) is 0 Å². The Bertz CT molecular complexity index is 1890. The van der Waals surface area contributed by atoms with Crippen LogP contribution in [0.3, 0.4) is 0 Å². The molecule has 0 aliphatic heterocycles. The van der Waals surface area contributed by atoms with Gasteiger partial charge in [0.1, 0.15) is 42.3 Å². The Morgan fingerprint density at radius 3 is 1.36 bits per heavy atom. The summed E-state index contributed by atoms with van der Waals surface area (Å²) >= 11 is 0. The second kappa shape index (κ2) is 37.1. The summed E-state index contributed by atoms with van der Waals surface area (Å²) < 4.78 is 0. The molecule has 0 spiro atoms. The largest absolute Gasteiger partial charge is 0.368 e. The molecule has 0 aromatic heterocycles. The van der Waals surface area contributed by atoms with Crippen molar-refractivity contribution in [2.24, 2.45) is 52.2 Å². The highest BCUT2D eigenvalue weighted by Gasteiger charge is 2.34. The molecule has 9 atom stereocenters. The van der Waals surface area contributed by atoms with Crippen molar-refractivity contribution in [3.8, 4) is 0 Å². The quantitative estimate of drug-likeness (QED) is 0.0332. The predicted octanol–water partition coefficient (Wildman–Crippen LogP) is -1.57. The number of unbranched alkanes of at least 4 members (excludes halogenated alkanes) is 2. The van der Waals surface area contributed by atoms with Crippen molar-refractivity contribution < 1.29 is 43.2 Å². The molecule has 1 aromatic carbocycles. The van der Waals surface area contributed by atoms with E-state index in [0.29, 0.717) is 17.9 Å². The SMILES string of the molecule is CCCCCC(C)CCC(=O)N[C@H](CCN)C(=O)NCC[C@H](N)C(=O)N[C@@H](CCN)C(=O)N[C@@H](CC(C)C)C(=O)N[C@H](Cc1ccccc1)C(=O)N[C@@H](CCN)C(=O)N[C@@H](CCN)C(=O)N[C@@H](CC(C)C)C(N)=O. The van der Waals surface area contributed by atoms with Gasteiger partial charge < -0.3 is 76.9 Å². The van der Waals surface area contributed by atoms with Crippen LogP contribution in [0.25, 0.3) is 0 Å². The van der Waals surface area contributed by atoms with Gasteiger partial charge in [-0.1, -0.05) is 97.6 Å². The summed E-state index contributed by atoms with van der Waals surface area (Å²) in [6.07, 6.45) is 5.78. The first-order chi connectivity index (χ1) is 35.1. The van der Waals surface area contributed by atoms with Crippen molar-refractivity contribution in [3.63, 3.8) is 0 Å². The summed E-state index contributed by atoms with van der Waals surface area (Å²) in [6, 6.07) is -0.503. The zero-order chi connectivity index (χ0) is 55.8. The van der Waals surface area contributed by atoms with Gasteiger partial charge in [-0.2, -0.15) is 0 Å². The van der Waals surface area contributed by atoms with Gasteiger partial charge in [-0.15, -0.1) is 0 Å². The van der Waals surface area contributed by atoms with Crippen LogP contribution in [0.1, 0.15) is 131 Å². The fourth-order valence-corrected chi connectivity index (χ4v) is 8.00. The number of nitrogens with one attached hydrogen (secondary N) is 8. The van der Waals surface area contributed by atoms with E-state index in [1.807, 2.05) is 27.7 Å². The molecule has 0 fully saturated rings. The van der Waals surface area contributed by atoms with Crippen molar-refractivity contribution in [3.05, 3.63) is 35.9 Å². The van der Waals surface area contributed by atoms with Gasteiger partial charge in [-0.25, -0.2) is 0 Å². The second-order valence-electron chi connectivity index (χ2n) is 20.0. The third kappa shape index (κ3) is 27.0. The third-order valence-electron chi connectivity index (χ3n) is 12.3. The molecule has 0 radical (unpaired) electrons. The molecule has 1 unspecified atom stereocenters. The molecule has 0 saturated carbocycles. The number of primary amides is 1. The molecule has 23 nitrogen and oxygen atoms in total. The van der Waals surface area contributed by atoms with Crippen LogP contribution < -0.4 is 76.9 Å². The minimum absolute atomic E-state index is 0.00964. The highest BCUT2D eigenvalue weighted by molar-refractivity contribution is 5.97. The number of benzene rings is 1. The minimum Gasteiger partial charge on any atom is -0.368 e. The number of hydrogen-bond donors (Lipinski definition) is 14. The molecule has 0 heterocycles. The summed E-state index contributed by atoms with van der Waals surface area (Å²) in [5.41, 5.74) is 35.6. The number of carbonyl (C=O) groups excluding carboxylic acids is 9. The van der Waals surface area contributed by atoms with Crippen LogP contribution in [0, 0.1) is 17.8 Å². The maximum Gasteiger partial charge on any atom is 0.243 e. The van der Waals surface area contributed by atoms with E-state index in [1.165, 1.54) is 0 Å². The lowest BCUT2D eigenvalue weighted by Gasteiger charge is -2.28. The smallest absolute Gasteiger partial charge is 0.243 e. The maximum atomic E-state index is 14.2. The molecule has 1 rings (SSSR count). The van der Waals surface area contributed by atoms with E-state index in [0.717, 1.165) is 25.7 Å². The van der Waals surface area contributed by atoms with Crippen LogP contribution in [0.2, 0.25) is 0 Å². The molecule has 20 N–H and O–H groups in total. The summed E-state index contributed by atoms with van der Waals surface area (Å²) in [4.78, 5) is 121. The lowest BCUT2D eigenvalue weighted by atomic mass is 9.98. The number of rotatable bonds is 39. The number of carbonyl (C=O) groups is 9. The monoisotopic (exact) mass is 1040 g/mol. The first kappa shape index (κ1) is 66.3. The third-order valence-corrected chi connectivity index (χ3v) is 12.3. The zero-order valence-electron chi connectivity index (χ0n) is 44.8. The average molecular weight is 1050 g/mol. The molecular formula is C51H92N14O9. The normalized spacial score (nSPS) is 14.9. The van der Waals surface area contributed by atoms with Gasteiger partial charge in [0.15, 0.2) is 0 Å². The molecule has 0 aliphatic carbocycles. The average Bonchev–Trinajstić information content (AvgIpc) is 3.34. The van der Waals surface area contributed by atoms with E-state index in [4.69, 9.17) is 34.4 Å². The first-order valence-corrected chi connectivity index (χ1v) is 26.4. The molecule has 9 amide bonds. The van der Waals surface area contributed by atoms with Gasteiger partial charge >= 0.3 is 0 Å². The van der Waals surface area contributed by atoms with Crippen LogP contribution in [-0.2, 0) is 49.6 Å². The lowest BCUT2D eigenvalue weighted by Crippen LogP contribution is -2.60. The van der Waals surface area contributed by atoms with Crippen LogP contribution in [0.5, 0.6) is 0 Å². The highest BCUT2D eigenvalue weighted by atomic mass is 16.2. The Labute approximate surface area is 438 Å². The maximum absolute atomic E-state index is 14.2. The van der Waals surface area contributed by atoms with E-state index in [2.05, 4.69) is 56.4 Å². The molecule has 23 heteroatoms. The lowest BCUT2D eigenvalue weighted by molar-refractivity contribution is -0.135. The van der Waals surface area contributed by atoms with Gasteiger partial charge in [0, 0.05) is 19.4 Å². The molecular weight excluding hydrogens is 953 g/mol. The zero-order valence-corrected chi connectivity index (χ0v) is 44.8. The van der Waals surface area contributed by atoms with E-state index in [-0.39, 0.29) is 108 Å². The number of amides is 9. The van der Waals surface area contributed by atoms with Crippen molar-refractivity contribution >= 4 is 53.2 Å². The summed E-state index contributed by atoms with van der Waals surface area (Å²) in [5, 5.41) is 21.4. The molecule has 0 saturated heterocycles. The predicted molar refractivity (Wildman–Crippen MR) is 285 cm³/mol. The highest BCUT2D eigenvalue weighted by Crippen LogP contribution is 2.15. The van der Waals surface area contributed by atoms with E-state index < -0.39 is 95.6 Å². The molecule has 74 heavy (non-hydrogen) atoms. The fraction of sp³-hybridized carbons (Fsp3) is 0.706. The van der Waals surface area contributed by atoms with Crippen molar-refractivity contribution in [1.82, 2.24) is 42.5 Å². The van der Waals surface area contributed by atoms with Crippen LogP contribution in [-0.4, -0.2) is 134 Å². The second-order valence-corrected chi connectivity index (χ2v) is 20.0. The van der Waals surface area contributed by atoms with Crippen molar-refractivity contribution in [2.75, 3.05) is 32.7 Å². The summed E-state index contributed by atoms with van der Waals surface area (Å²) in [5.74, 6) is -5.67. The van der Waals surface area contributed by atoms with Gasteiger partial charge in [0.2, 0.25) is 53.2 Å². The van der Waals surface area contributed by atoms with E-state index in [1.54, 1.807) is 30.3 Å². The van der Waals surface area contributed by atoms with Crippen LogP contribution >= 0.6 is 0 Å². The molecule has 0 bridgehead atoms. The van der Waals surface area contributed by atoms with E-state index in [9.17, 15) is 43.2 Å². The standard InChI is InChI=1S/C51H92N14O9/c1-7-8-10-13-33(6)16-17-43(66)59-36(18-23-52)46(69)58-27-22-35(56)45(68)60-37(19-24-53)49(72)64-41(29-32(4)5)50(73)65-42(30-34-14-11-9-12-15-34)51(74)62-38(20-25-54)47(70)61-39(21-26-55)48(71)63-40(44(57)67)28-31(2)3/h9,11-12,14-15,31-33,35-42H,7-8,10,13,16-30,52-56H2,1-6H3,(H2,57,67)(H,58,69)(H,59,66)(H,60,68)(H,61,70)(H,62,74)(H,63,71)(H,64,72)(H,65,73)/t33?,35-,36+,37-,38-,39-,40-,41-,42+/m0/s1.